The van der Waals surface area contributed by atoms with Gasteiger partial charge in [-0.05, 0) is 23.6 Å². The minimum absolute atomic E-state index is 0.0615. The van der Waals surface area contributed by atoms with Crippen molar-refractivity contribution in [2.75, 3.05) is 13.7 Å². The zero-order valence-corrected chi connectivity index (χ0v) is 12.3. The molecule has 5 heteroatoms. The van der Waals surface area contributed by atoms with Gasteiger partial charge in [0, 0.05) is 16.6 Å². The summed E-state index contributed by atoms with van der Waals surface area (Å²) >= 11 is 3.47. The number of carboxylic acid groups (broad SMARTS) is 1. The molecule has 0 saturated heterocycles. The van der Waals surface area contributed by atoms with E-state index in [1.165, 1.54) is 0 Å². The van der Waals surface area contributed by atoms with Gasteiger partial charge in [0.25, 0.3) is 0 Å². The molecule has 1 rings (SSSR count). The van der Waals surface area contributed by atoms with E-state index in [1.54, 1.807) is 13.2 Å². The summed E-state index contributed by atoms with van der Waals surface area (Å²) in [6, 6.07) is 3.56. The predicted molar refractivity (Wildman–Crippen MR) is 74.2 cm³/mol. The Labute approximate surface area is 115 Å². The van der Waals surface area contributed by atoms with Crippen molar-refractivity contribution in [1.29, 1.82) is 0 Å². The zero-order chi connectivity index (χ0) is 13.9. The molecule has 1 unspecified atom stereocenters. The maximum absolute atomic E-state index is 11.1. The predicted octanol–water partition coefficient (Wildman–Crippen LogP) is 2.71. The van der Waals surface area contributed by atoms with Crippen molar-refractivity contribution < 1.29 is 14.6 Å². The van der Waals surface area contributed by atoms with Gasteiger partial charge < -0.3 is 15.6 Å². The second-order valence-corrected chi connectivity index (χ2v) is 5.25. The van der Waals surface area contributed by atoms with E-state index in [0.29, 0.717) is 11.3 Å². The van der Waals surface area contributed by atoms with Crippen LogP contribution in [0.1, 0.15) is 36.8 Å². The highest BCUT2D eigenvalue weighted by molar-refractivity contribution is 9.10. The highest BCUT2D eigenvalue weighted by atomic mass is 79.9. The van der Waals surface area contributed by atoms with Gasteiger partial charge in [0.05, 0.1) is 13.0 Å². The van der Waals surface area contributed by atoms with E-state index in [0.717, 1.165) is 10.0 Å². The van der Waals surface area contributed by atoms with Crippen molar-refractivity contribution in [3.05, 3.63) is 27.7 Å². The number of ether oxygens (including phenoxy) is 1. The van der Waals surface area contributed by atoms with E-state index in [9.17, 15) is 4.79 Å². The second kappa shape index (κ2) is 6.20. The van der Waals surface area contributed by atoms with Crippen LogP contribution in [0.3, 0.4) is 0 Å². The van der Waals surface area contributed by atoms with Crippen LogP contribution in [0.15, 0.2) is 16.6 Å². The van der Waals surface area contributed by atoms with Crippen LogP contribution in [-0.2, 0) is 4.79 Å². The Balaban J connectivity index is 3.34. The number of nitrogens with two attached hydrogens (primary N) is 1. The fourth-order valence-corrected chi connectivity index (χ4v) is 2.84. The highest BCUT2D eigenvalue weighted by Gasteiger charge is 2.22. The minimum atomic E-state index is -0.927. The third-order valence-corrected chi connectivity index (χ3v) is 3.50. The van der Waals surface area contributed by atoms with Gasteiger partial charge in [-0.3, -0.25) is 4.79 Å². The van der Waals surface area contributed by atoms with E-state index in [-0.39, 0.29) is 12.5 Å². The van der Waals surface area contributed by atoms with Gasteiger partial charge in [0.15, 0.2) is 0 Å². The van der Waals surface area contributed by atoms with Crippen molar-refractivity contribution in [1.82, 2.24) is 0 Å². The number of rotatable bonds is 5. The van der Waals surface area contributed by atoms with Crippen LogP contribution in [0.25, 0.3) is 0 Å². The number of carbonyl (C=O) groups is 1. The first-order valence-corrected chi connectivity index (χ1v) is 6.51. The summed E-state index contributed by atoms with van der Waals surface area (Å²) in [5.74, 6) is -0.668. The molecule has 1 atom stereocenters. The average molecular weight is 316 g/mol. The summed E-state index contributed by atoms with van der Waals surface area (Å²) in [6.07, 6.45) is 0. The molecule has 0 aliphatic rings. The van der Waals surface area contributed by atoms with Gasteiger partial charge in [-0.2, -0.15) is 0 Å². The Morgan fingerprint density at radius 1 is 1.50 bits per heavy atom. The number of aliphatic carboxylic acids is 1. The SMILES string of the molecule is COc1cc(C(CN)C(=O)O)cc(Br)c1C(C)C. The van der Waals surface area contributed by atoms with E-state index >= 15 is 0 Å². The molecule has 0 bridgehead atoms. The molecule has 0 aliphatic carbocycles. The third-order valence-electron chi connectivity index (χ3n) is 2.85. The molecule has 0 fully saturated rings. The van der Waals surface area contributed by atoms with Crippen LogP contribution in [-0.4, -0.2) is 24.7 Å². The summed E-state index contributed by atoms with van der Waals surface area (Å²) in [5, 5.41) is 9.12. The molecule has 0 aliphatic heterocycles. The quantitative estimate of drug-likeness (QED) is 0.876. The lowest BCUT2D eigenvalue weighted by Gasteiger charge is -2.18. The van der Waals surface area contributed by atoms with E-state index < -0.39 is 11.9 Å². The maximum atomic E-state index is 11.1. The molecule has 0 heterocycles. The lowest BCUT2D eigenvalue weighted by molar-refractivity contribution is -0.138. The standard InChI is InChI=1S/C13H18BrNO3/c1-7(2)12-10(14)4-8(5-11(12)18-3)9(6-15)13(16)17/h4-5,7,9H,6,15H2,1-3H3,(H,16,17). The van der Waals surface area contributed by atoms with Crippen LogP contribution in [0.2, 0.25) is 0 Å². The Kier molecular flexibility index (Phi) is 5.16. The smallest absolute Gasteiger partial charge is 0.312 e. The third kappa shape index (κ3) is 3.03. The van der Waals surface area contributed by atoms with Gasteiger partial charge in [-0.1, -0.05) is 29.8 Å². The Hall–Kier alpha value is -1.07. The highest BCUT2D eigenvalue weighted by Crippen LogP contribution is 2.36. The van der Waals surface area contributed by atoms with Crippen molar-refractivity contribution >= 4 is 21.9 Å². The van der Waals surface area contributed by atoms with Crippen LogP contribution < -0.4 is 10.5 Å². The molecule has 0 saturated carbocycles. The fourth-order valence-electron chi connectivity index (χ4n) is 1.92. The molecule has 0 amide bonds. The van der Waals surface area contributed by atoms with Crippen molar-refractivity contribution in [2.45, 2.75) is 25.7 Å². The summed E-state index contributed by atoms with van der Waals surface area (Å²) in [4.78, 5) is 11.1. The normalized spacial score (nSPS) is 12.6. The molecule has 4 nitrogen and oxygen atoms in total. The average Bonchev–Trinajstić information content (AvgIpc) is 2.27. The van der Waals surface area contributed by atoms with Gasteiger partial charge in [0.2, 0.25) is 0 Å². The Bertz CT molecular complexity index is 446. The van der Waals surface area contributed by atoms with Crippen LogP contribution >= 0.6 is 15.9 Å². The van der Waals surface area contributed by atoms with Crippen LogP contribution in [0.5, 0.6) is 5.75 Å². The fraction of sp³-hybridized carbons (Fsp3) is 0.462. The zero-order valence-electron chi connectivity index (χ0n) is 10.7. The molecule has 1 aromatic rings. The first-order chi connectivity index (χ1) is 8.42. The van der Waals surface area contributed by atoms with Crippen LogP contribution in [0.4, 0.5) is 0 Å². The molecular weight excluding hydrogens is 298 g/mol. The van der Waals surface area contributed by atoms with Crippen molar-refractivity contribution in [3.63, 3.8) is 0 Å². The van der Waals surface area contributed by atoms with Gasteiger partial charge in [-0.15, -0.1) is 0 Å². The lowest BCUT2D eigenvalue weighted by Crippen LogP contribution is -2.21. The van der Waals surface area contributed by atoms with Crippen LogP contribution in [0, 0.1) is 0 Å². The second-order valence-electron chi connectivity index (χ2n) is 4.40. The number of hydrogen-bond acceptors (Lipinski definition) is 3. The van der Waals surface area contributed by atoms with Gasteiger partial charge >= 0.3 is 5.97 Å². The Morgan fingerprint density at radius 3 is 2.50 bits per heavy atom. The summed E-state index contributed by atoms with van der Waals surface area (Å²) < 4.78 is 6.19. The molecule has 1 aromatic carbocycles. The van der Waals surface area contributed by atoms with Gasteiger partial charge in [0.1, 0.15) is 5.75 Å². The first-order valence-electron chi connectivity index (χ1n) is 5.72. The molecular formula is C13H18BrNO3. The van der Waals surface area contributed by atoms with Gasteiger partial charge in [-0.25, -0.2) is 0 Å². The number of hydrogen-bond donors (Lipinski definition) is 2. The number of carboxylic acids is 1. The summed E-state index contributed by atoms with van der Waals surface area (Å²) in [6.45, 7) is 4.17. The maximum Gasteiger partial charge on any atom is 0.312 e. The monoisotopic (exact) mass is 315 g/mol. The summed E-state index contributed by atoms with van der Waals surface area (Å²) in [7, 11) is 1.58. The number of halogens is 1. The van der Waals surface area contributed by atoms with E-state index in [1.807, 2.05) is 6.07 Å². The Morgan fingerprint density at radius 2 is 2.11 bits per heavy atom. The minimum Gasteiger partial charge on any atom is -0.496 e. The van der Waals surface area contributed by atoms with E-state index in [2.05, 4.69) is 29.8 Å². The topological polar surface area (TPSA) is 72.5 Å². The first kappa shape index (κ1) is 15.0. The molecule has 0 aromatic heterocycles. The largest absolute Gasteiger partial charge is 0.496 e. The molecule has 100 valence electrons. The number of benzene rings is 1. The number of methoxy groups -OCH3 is 1. The van der Waals surface area contributed by atoms with Crippen molar-refractivity contribution in [2.24, 2.45) is 5.73 Å². The molecule has 0 radical (unpaired) electrons. The van der Waals surface area contributed by atoms with Crippen molar-refractivity contribution in [3.8, 4) is 5.75 Å². The molecule has 18 heavy (non-hydrogen) atoms. The lowest BCUT2D eigenvalue weighted by atomic mass is 9.94. The summed E-state index contributed by atoms with van der Waals surface area (Å²) in [5.41, 5.74) is 7.19. The van der Waals surface area contributed by atoms with E-state index in [4.69, 9.17) is 15.6 Å². The molecule has 3 N–H and O–H groups in total. The molecule has 0 spiro atoms.